The van der Waals surface area contributed by atoms with E-state index in [4.69, 9.17) is 21.7 Å². The van der Waals surface area contributed by atoms with Crippen molar-refractivity contribution in [3.05, 3.63) is 29.8 Å². The number of unbranched alkanes of at least 4 members (excludes halogenated alkanes) is 1. The molecule has 0 spiro atoms. The Morgan fingerprint density at radius 1 is 0.621 bits per heavy atom. The molecule has 0 radical (unpaired) electrons. The number of nitrogens with two attached hydrogens (primary N) is 2. The molecule has 0 fully saturated rings. The lowest BCUT2D eigenvalue weighted by molar-refractivity contribution is -0.143. The van der Waals surface area contributed by atoms with Crippen molar-refractivity contribution in [1.29, 1.82) is 0 Å². The maximum atomic E-state index is 13.8. The molecule has 0 aromatic heterocycles. The third kappa shape index (κ3) is 18.8. The maximum Gasteiger partial charge on any atom is 0.328 e. The van der Waals surface area contributed by atoms with Gasteiger partial charge in [-0.3, -0.25) is 38.4 Å². The number of nitrogens with one attached hydrogen (secondary N) is 6. The number of carboxylic acids is 3. The van der Waals surface area contributed by atoms with Crippen molar-refractivity contribution < 1.29 is 68.7 Å². The summed E-state index contributed by atoms with van der Waals surface area (Å²) in [4.78, 5) is 114. The summed E-state index contributed by atoms with van der Waals surface area (Å²) in [6, 6.07) is -4.78. The van der Waals surface area contributed by atoms with Crippen molar-refractivity contribution in [3.63, 3.8) is 0 Å². The number of benzene rings is 1. The summed E-state index contributed by atoms with van der Waals surface area (Å²) in [5.41, 5.74) is 11.8. The van der Waals surface area contributed by atoms with Crippen LogP contribution in [0.2, 0.25) is 0 Å². The molecular formula is C36H56N8O14. The van der Waals surface area contributed by atoms with Gasteiger partial charge in [0.25, 0.3) is 0 Å². The number of carboxylic acid groups (broad SMARTS) is 3. The summed E-state index contributed by atoms with van der Waals surface area (Å²) in [5.74, 6) is -10.3. The van der Waals surface area contributed by atoms with Crippen molar-refractivity contribution >= 4 is 53.4 Å². The second kappa shape index (κ2) is 25.4. The van der Waals surface area contributed by atoms with Crippen molar-refractivity contribution in [3.8, 4) is 5.75 Å². The van der Waals surface area contributed by atoms with Crippen LogP contribution in [0.1, 0.15) is 71.3 Å². The Bertz CT molecular complexity index is 1590. The van der Waals surface area contributed by atoms with E-state index in [2.05, 4.69) is 31.9 Å². The smallest absolute Gasteiger partial charge is 0.328 e. The van der Waals surface area contributed by atoms with E-state index in [9.17, 15) is 58.5 Å². The molecule has 22 heteroatoms. The Hall–Kier alpha value is -5.87. The van der Waals surface area contributed by atoms with Crippen LogP contribution >= 0.6 is 0 Å². The summed E-state index contributed by atoms with van der Waals surface area (Å²) in [5, 5.41) is 60.8. The Labute approximate surface area is 334 Å². The number of phenols is 1. The summed E-state index contributed by atoms with van der Waals surface area (Å²) >= 11 is 0. The monoisotopic (exact) mass is 824 g/mol. The largest absolute Gasteiger partial charge is 0.508 e. The van der Waals surface area contributed by atoms with Gasteiger partial charge in [0.05, 0.1) is 19.1 Å². The molecule has 1 aromatic rings. The van der Waals surface area contributed by atoms with Crippen LogP contribution in [0.25, 0.3) is 0 Å². The molecular weight excluding hydrogens is 768 g/mol. The molecule has 0 unspecified atom stereocenters. The van der Waals surface area contributed by atoms with Gasteiger partial charge in [0.2, 0.25) is 35.4 Å². The fourth-order valence-corrected chi connectivity index (χ4v) is 5.29. The van der Waals surface area contributed by atoms with E-state index in [1.165, 1.54) is 31.2 Å². The first kappa shape index (κ1) is 50.1. The molecule has 0 aliphatic carbocycles. The SMILES string of the molecule is CC(C)C[C@H](NC(=O)[C@@H](N)CCC(=O)O)C(=O)N[C@@H](CC(=O)O)C(=O)N[C@@H](CCCCN)C(=O)N[C@@H](Cc1ccc(O)cc1)C(=O)N[C@@H](C)C(=O)N[C@@H](CO)C(=O)O. The number of rotatable bonds is 27. The normalized spacial score (nSPS) is 14.6. The first-order chi connectivity index (χ1) is 27.2. The highest BCUT2D eigenvalue weighted by atomic mass is 16.4. The highest BCUT2D eigenvalue weighted by Gasteiger charge is 2.34. The number of amides is 6. The lowest BCUT2D eigenvalue weighted by Gasteiger charge is -2.27. The predicted octanol–water partition coefficient (Wildman–Crippen LogP) is -3.22. The number of aliphatic carboxylic acids is 3. The number of aromatic hydroxyl groups is 1. The summed E-state index contributed by atoms with van der Waals surface area (Å²) < 4.78 is 0. The van der Waals surface area contributed by atoms with E-state index in [1.807, 2.05) is 0 Å². The minimum absolute atomic E-state index is 0.0150. The van der Waals surface area contributed by atoms with Gasteiger partial charge in [0.1, 0.15) is 42.0 Å². The molecule has 0 aliphatic rings. The number of phenolic OH excluding ortho intramolecular Hbond substituents is 1. The first-order valence-corrected chi connectivity index (χ1v) is 18.5. The van der Waals surface area contributed by atoms with E-state index < -0.39 is 115 Å². The summed E-state index contributed by atoms with van der Waals surface area (Å²) in [7, 11) is 0. The molecule has 0 saturated carbocycles. The molecule has 15 N–H and O–H groups in total. The summed E-state index contributed by atoms with van der Waals surface area (Å²) in [6.07, 6.45) is -1.25. The molecule has 324 valence electrons. The van der Waals surface area contributed by atoms with Crippen LogP contribution in [-0.2, 0) is 49.6 Å². The fourth-order valence-electron chi connectivity index (χ4n) is 5.29. The lowest BCUT2D eigenvalue weighted by Crippen LogP contribution is -2.60. The van der Waals surface area contributed by atoms with E-state index >= 15 is 0 Å². The van der Waals surface area contributed by atoms with E-state index in [1.54, 1.807) is 13.8 Å². The Morgan fingerprint density at radius 2 is 1.14 bits per heavy atom. The molecule has 22 nitrogen and oxygen atoms in total. The molecule has 0 saturated heterocycles. The minimum Gasteiger partial charge on any atom is -0.508 e. The number of carbonyl (C=O) groups is 9. The number of aliphatic hydroxyl groups is 1. The van der Waals surface area contributed by atoms with Crippen molar-refractivity contribution in [2.75, 3.05) is 13.2 Å². The average molecular weight is 825 g/mol. The molecule has 0 heterocycles. The number of hydrogen-bond donors (Lipinski definition) is 13. The van der Waals surface area contributed by atoms with Gasteiger partial charge in [-0.05, 0) is 69.2 Å². The molecule has 1 rings (SSSR count). The average Bonchev–Trinajstić information content (AvgIpc) is 3.14. The Kier molecular flexibility index (Phi) is 22.0. The highest BCUT2D eigenvalue weighted by Crippen LogP contribution is 2.13. The lowest BCUT2D eigenvalue weighted by atomic mass is 10.0. The van der Waals surface area contributed by atoms with Crippen molar-refractivity contribution in [1.82, 2.24) is 31.9 Å². The molecule has 1 aromatic carbocycles. The Morgan fingerprint density at radius 3 is 1.67 bits per heavy atom. The number of carbonyl (C=O) groups excluding carboxylic acids is 6. The van der Waals surface area contributed by atoms with Crippen LogP contribution in [0.5, 0.6) is 5.75 Å². The van der Waals surface area contributed by atoms with Crippen LogP contribution in [0.3, 0.4) is 0 Å². The summed E-state index contributed by atoms with van der Waals surface area (Å²) in [6.45, 7) is 3.93. The van der Waals surface area contributed by atoms with Crippen LogP contribution in [-0.4, -0.2) is 134 Å². The Balaban J connectivity index is 3.37. The van der Waals surface area contributed by atoms with Gasteiger partial charge >= 0.3 is 17.9 Å². The third-order valence-corrected chi connectivity index (χ3v) is 8.50. The van der Waals surface area contributed by atoms with Crippen LogP contribution in [0, 0.1) is 5.92 Å². The maximum absolute atomic E-state index is 13.8. The first-order valence-electron chi connectivity index (χ1n) is 18.5. The van der Waals surface area contributed by atoms with E-state index in [0.29, 0.717) is 12.0 Å². The van der Waals surface area contributed by atoms with E-state index in [0.717, 1.165) is 0 Å². The molecule has 58 heavy (non-hydrogen) atoms. The highest BCUT2D eigenvalue weighted by molar-refractivity contribution is 5.98. The molecule has 0 bridgehead atoms. The van der Waals surface area contributed by atoms with E-state index in [-0.39, 0.29) is 50.3 Å². The molecule has 0 aliphatic heterocycles. The second-order valence-electron chi connectivity index (χ2n) is 14.0. The van der Waals surface area contributed by atoms with Crippen molar-refractivity contribution in [2.24, 2.45) is 17.4 Å². The second-order valence-corrected chi connectivity index (χ2v) is 14.0. The van der Waals surface area contributed by atoms with Crippen LogP contribution in [0.4, 0.5) is 0 Å². The number of aliphatic hydroxyl groups excluding tert-OH is 1. The van der Waals surface area contributed by atoms with Gasteiger partial charge in [0.15, 0.2) is 0 Å². The van der Waals surface area contributed by atoms with Gasteiger partial charge in [-0.2, -0.15) is 0 Å². The minimum atomic E-state index is -1.79. The zero-order valence-corrected chi connectivity index (χ0v) is 32.6. The topological polar surface area (TPSA) is 379 Å². The van der Waals surface area contributed by atoms with Gasteiger partial charge in [-0.25, -0.2) is 4.79 Å². The van der Waals surface area contributed by atoms with Gasteiger partial charge in [-0.1, -0.05) is 26.0 Å². The predicted molar refractivity (Wildman–Crippen MR) is 203 cm³/mol. The van der Waals surface area contributed by atoms with Gasteiger partial charge in [0, 0.05) is 12.8 Å². The standard InChI is InChI=1S/C36H56N8O14/c1-18(2)14-24(41-31(52)22(38)11-12-28(47)48)34(55)43-26(16-29(49)50)35(56)40-23(6-4-5-13-37)32(53)42-25(15-20-7-9-21(46)10-8-20)33(54)39-19(3)30(51)44-27(17-45)36(57)58/h7-10,18-19,22-27,45-46H,4-6,11-17,37-38H2,1-3H3,(H,39,54)(H,40,56)(H,41,52)(H,42,53)(H,43,55)(H,44,51)(H,47,48)(H,49,50)(H,57,58)/t19-,22-,23-,24-,25-,26-,27-/m0/s1. The quantitative estimate of drug-likeness (QED) is 0.0388. The van der Waals surface area contributed by atoms with Crippen LogP contribution in [0.15, 0.2) is 24.3 Å². The molecule has 7 atom stereocenters. The third-order valence-electron chi connectivity index (χ3n) is 8.50. The van der Waals surface area contributed by atoms with Gasteiger partial charge < -0.3 is 68.9 Å². The van der Waals surface area contributed by atoms with Crippen molar-refractivity contribution in [2.45, 2.75) is 114 Å². The molecule has 6 amide bonds. The van der Waals surface area contributed by atoms with Gasteiger partial charge in [-0.15, -0.1) is 0 Å². The fraction of sp³-hybridized carbons (Fsp3) is 0.583. The van der Waals surface area contributed by atoms with Crippen LogP contribution < -0.4 is 43.4 Å². The number of hydrogen-bond acceptors (Lipinski definition) is 13. The zero-order chi connectivity index (χ0) is 44.1. The zero-order valence-electron chi connectivity index (χ0n) is 32.6.